The van der Waals surface area contributed by atoms with Crippen LogP contribution < -0.4 is 5.73 Å². The highest BCUT2D eigenvalue weighted by atomic mass is 127. The van der Waals surface area contributed by atoms with Gasteiger partial charge < -0.3 is 15.4 Å². The average Bonchev–Trinajstić information content (AvgIpc) is 2.93. The van der Waals surface area contributed by atoms with Gasteiger partial charge in [0.05, 0.1) is 12.4 Å². The van der Waals surface area contributed by atoms with Crippen LogP contribution in [-0.4, -0.2) is 35.2 Å². The van der Waals surface area contributed by atoms with E-state index in [1.807, 2.05) is 4.57 Å². The van der Waals surface area contributed by atoms with Crippen molar-refractivity contribution in [2.24, 2.45) is 5.92 Å². The van der Waals surface area contributed by atoms with Crippen molar-refractivity contribution >= 4 is 39.6 Å². The number of nitrogen functional groups attached to an aromatic ring is 1. The van der Waals surface area contributed by atoms with Gasteiger partial charge in [-0.05, 0) is 18.8 Å². The molecule has 0 aromatic carbocycles. The smallest absolute Gasteiger partial charge is 0.165 e. The molecule has 0 aliphatic heterocycles. The van der Waals surface area contributed by atoms with Crippen molar-refractivity contribution in [3.05, 3.63) is 12.7 Å². The van der Waals surface area contributed by atoms with Gasteiger partial charge in [-0.2, -0.15) is 0 Å². The van der Waals surface area contributed by atoms with E-state index in [0.29, 0.717) is 17.3 Å². The van der Waals surface area contributed by atoms with Crippen LogP contribution in [0.4, 0.5) is 5.82 Å². The summed E-state index contributed by atoms with van der Waals surface area (Å²) in [5, 5.41) is 9.99. The van der Waals surface area contributed by atoms with Crippen molar-refractivity contribution in [3.8, 4) is 0 Å². The number of anilines is 1. The molecule has 0 spiro atoms. The molecule has 1 aliphatic rings. The summed E-state index contributed by atoms with van der Waals surface area (Å²) in [6.07, 6.45) is 4.69. The highest BCUT2D eigenvalue weighted by Gasteiger charge is 2.34. The number of halogens is 1. The van der Waals surface area contributed by atoms with Crippen molar-refractivity contribution in [2.75, 3.05) is 10.2 Å². The molecule has 3 rings (SSSR count). The van der Waals surface area contributed by atoms with Crippen LogP contribution in [0.3, 0.4) is 0 Å². The molecule has 0 unspecified atom stereocenters. The van der Waals surface area contributed by atoms with Crippen molar-refractivity contribution in [2.45, 2.75) is 25.0 Å². The van der Waals surface area contributed by atoms with E-state index in [1.54, 1.807) is 6.33 Å². The minimum atomic E-state index is -0.233. The van der Waals surface area contributed by atoms with Gasteiger partial charge in [0.25, 0.3) is 0 Å². The van der Waals surface area contributed by atoms with E-state index in [-0.39, 0.29) is 12.1 Å². The van der Waals surface area contributed by atoms with Gasteiger partial charge in [0, 0.05) is 10.5 Å². The number of rotatable bonds is 2. The van der Waals surface area contributed by atoms with Crippen LogP contribution in [0.15, 0.2) is 12.7 Å². The van der Waals surface area contributed by atoms with Gasteiger partial charge in [-0.15, -0.1) is 0 Å². The lowest BCUT2D eigenvalue weighted by molar-refractivity contribution is 0.142. The van der Waals surface area contributed by atoms with E-state index in [4.69, 9.17) is 5.73 Å². The monoisotopic (exact) mass is 359 g/mol. The molecule has 1 fully saturated rings. The van der Waals surface area contributed by atoms with Crippen LogP contribution in [0.25, 0.3) is 11.2 Å². The number of imidazole rings is 1. The minimum absolute atomic E-state index is 0.233. The van der Waals surface area contributed by atoms with E-state index in [1.165, 1.54) is 6.33 Å². The lowest BCUT2D eigenvalue weighted by Gasteiger charge is -2.11. The molecule has 2 aromatic rings. The Bertz CT molecular complexity index is 572. The molecule has 0 radical (unpaired) electrons. The molecule has 0 amide bonds. The van der Waals surface area contributed by atoms with Crippen LogP contribution in [0.5, 0.6) is 0 Å². The number of alkyl halides is 1. The van der Waals surface area contributed by atoms with E-state index >= 15 is 0 Å². The molecular weight excluding hydrogens is 345 g/mol. The maximum absolute atomic E-state index is 9.99. The van der Waals surface area contributed by atoms with Gasteiger partial charge >= 0.3 is 0 Å². The third-order valence-electron chi connectivity index (χ3n) is 3.61. The predicted molar refractivity (Wildman–Crippen MR) is 76.4 cm³/mol. The Kier molecular flexibility index (Phi) is 3.10. The largest absolute Gasteiger partial charge is 0.393 e. The number of aliphatic hydroxyl groups is 1. The maximum Gasteiger partial charge on any atom is 0.165 e. The van der Waals surface area contributed by atoms with Gasteiger partial charge in [0.1, 0.15) is 11.8 Å². The summed E-state index contributed by atoms with van der Waals surface area (Å²) in [4.78, 5) is 12.5. The summed E-state index contributed by atoms with van der Waals surface area (Å²) in [6.45, 7) is 0. The van der Waals surface area contributed by atoms with Crippen LogP contribution in [0.1, 0.15) is 18.9 Å². The Morgan fingerprint density at radius 2 is 2.22 bits per heavy atom. The second-order valence-electron chi connectivity index (χ2n) is 4.69. The number of aliphatic hydroxyl groups excluding tert-OH is 1. The number of hydrogen-bond acceptors (Lipinski definition) is 5. The third kappa shape index (κ3) is 1.85. The number of nitrogens with zero attached hydrogens (tertiary/aromatic N) is 4. The Labute approximate surface area is 118 Å². The molecule has 6 nitrogen and oxygen atoms in total. The Morgan fingerprint density at radius 3 is 2.94 bits per heavy atom. The first-order valence-corrected chi connectivity index (χ1v) is 7.40. The van der Waals surface area contributed by atoms with Crippen LogP contribution >= 0.6 is 22.6 Å². The van der Waals surface area contributed by atoms with Crippen molar-refractivity contribution in [3.63, 3.8) is 0 Å². The Balaban J connectivity index is 1.99. The maximum atomic E-state index is 9.99. The minimum Gasteiger partial charge on any atom is -0.393 e. The average molecular weight is 359 g/mol. The van der Waals surface area contributed by atoms with Gasteiger partial charge in [-0.3, -0.25) is 0 Å². The number of aromatic nitrogens is 4. The molecule has 3 atom stereocenters. The van der Waals surface area contributed by atoms with Crippen molar-refractivity contribution < 1.29 is 5.11 Å². The molecule has 7 heteroatoms. The zero-order chi connectivity index (χ0) is 12.7. The quantitative estimate of drug-likeness (QED) is 0.620. The summed E-state index contributed by atoms with van der Waals surface area (Å²) in [6, 6.07) is 0.249. The fourth-order valence-corrected chi connectivity index (χ4v) is 3.55. The zero-order valence-corrected chi connectivity index (χ0v) is 11.9. The normalized spacial score (nSPS) is 28.0. The molecule has 2 heterocycles. The van der Waals surface area contributed by atoms with E-state index in [9.17, 15) is 5.11 Å². The van der Waals surface area contributed by atoms with Crippen LogP contribution in [-0.2, 0) is 0 Å². The van der Waals surface area contributed by atoms with Gasteiger partial charge in [0.15, 0.2) is 11.5 Å². The first-order chi connectivity index (χ1) is 8.70. The summed E-state index contributed by atoms with van der Waals surface area (Å²) in [7, 11) is 0. The summed E-state index contributed by atoms with van der Waals surface area (Å²) < 4.78 is 2.99. The van der Waals surface area contributed by atoms with Crippen molar-refractivity contribution in [1.82, 2.24) is 19.5 Å². The fraction of sp³-hybridized carbons (Fsp3) is 0.545. The van der Waals surface area contributed by atoms with Crippen LogP contribution in [0.2, 0.25) is 0 Å². The summed E-state index contributed by atoms with van der Waals surface area (Å²) in [5.74, 6) is 0.759. The van der Waals surface area contributed by atoms with Gasteiger partial charge in [-0.25, -0.2) is 15.0 Å². The molecule has 1 aliphatic carbocycles. The first-order valence-electron chi connectivity index (χ1n) is 5.87. The Hall–Kier alpha value is -0.960. The highest BCUT2D eigenvalue weighted by molar-refractivity contribution is 14.1. The molecule has 2 aromatic heterocycles. The van der Waals surface area contributed by atoms with E-state index in [0.717, 1.165) is 22.9 Å². The number of nitrogens with two attached hydrogens (primary N) is 1. The van der Waals surface area contributed by atoms with Crippen molar-refractivity contribution in [1.29, 1.82) is 0 Å². The van der Waals surface area contributed by atoms with Gasteiger partial charge in [-0.1, -0.05) is 22.6 Å². The number of hydrogen-bond donors (Lipinski definition) is 2. The van der Waals surface area contributed by atoms with Gasteiger partial charge in [0.2, 0.25) is 0 Å². The fourth-order valence-electron chi connectivity index (χ4n) is 2.60. The molecule has 18 heavy (non-hydrogen) atoms. The molecule has 1 saturated carbocycles. The third-order valence-corrected chi connectivity index (χ3v) is 4.74. The topological polar surface area (TPSA) is 89.9 Å². The standard InChI is InChI=1S/C11H14IN5O/c12-3-6-1-7(2-8(6)18)17-5-16-9-10(13)14-4-15-11(9)17/h4-8,18H,1-3H2,(H2,13,14,15)/t6-,7-,8+/m1/s1. The van der Waals surface area contributed by atoms with Crippen LogP contribution in [0, 0.1) is 5.92 Å². The van der Waals surface area contributed by atoms with E-state index < -0.39 is 0 Å². The second-order valence-corrected chi connectivity index (χ2v) is 5.57. The number of fused-ring (bicyclic) bond motifs is 1. The zero-order valence-electron chi connectivity index (χ0n) is 9.70. The lowest BCUT2D eigenvalue weighted by atomic mass is 10.1. The molecule has 3 N–H and O–H groups in total. The predicted octanol–water partition coefficient (Wildman–Crippen LogP) is 1.16. The first kappa shape index (κ1) is 12.1. The molecule has 0 saturated heterocycles. The summed E-state index contributed by atoms with van der Waals surface area (Å²) in [5.41, 5.74) is 7.17. The highest BCUT2D eigenvalue weighted by Crippen LogP contribution is 2.37. The molecular formula is C11H14IN5O. The van der Waals surface area contributed by atoms with E-state index in [2.05, 4.69) is 37.5 Å². The lowest BCUT2D eigenvalue weighted by Crippen LogP contribution is -2.13. The SMILES string of the molecule is Nc1ncnc2c1ncn2[C@@H]1C[C@H](CI)[C@@H](O)C1. The second kappa shape index (κ2) is 4.61. The molecule has 96 valence electrons. The summed E-state index contributed by atoms with van der Waals surface area (Å²) >= 11 is 2.33. The molecule has 0 bridgehead atoms. The Morgan fingerprint density at radius 1 is 1.39 bits per heavy atom.